The van der Waals surface area contributed by atoms with E-state index in [0.29, 0.717) is 12.1 Å². The number of benzene rings is 1. The van der Waals surface area contributed by atoms with Gasteiger partial charge in [-0.25, -0.2) is 8.42 Å². The van der Waals surface area contributed by atoms with Crippen LogP contribution in [0.2, 0.25) is 0 Å². The predicted octanol–water partition coefficient (Wildman–Crippen LogP) is 0.338. The van der Waals surface area contributed by atoms with Crippen molar-refractivity contribution < 1.29 is 13.5 Å². The fourth-order valence-corrected chi connectivity index (χ4v) is 2.93. The Hall–Kier alpha value is -2.06. The minimum atomic E-state index is -3.76. The molecular weight excluding hydrogens is 280 g/mol. The van der Waals surface area contributed by atoms with Gasteiger partial charge in [-0.15, -0.1) is 0 Å². The predicted molar refractivity (Wildman–Crippen MR) is 75.7 cm³/mol. The molecule has 0 aliphatic carbocycles. The molecule has 0 bridgehead atoms. The normalized spacial score (nSPS) is 11.5. The summed E-state index contributed by atoms with van der Waals surface area (Å²) in [5, 5.41) is 12.6. The summed E-state index contributed by atoms with van der Waals surface area (Å²) in [5.74, 6) is -0.0445. The average molecular weight is 296 g/mol. The van der Waals surface area contributed by atoms with Crippen molar-refractivity contribution in [2.24, 2.45) is 7.05 Å². The zero-order valence-corrected chi connectivity index (χ0v) is 11.8. The summed E-state index contributed by atoms with van der Waals surface area (Å²) in [5.41, 5.74) is 6.92. The molecule has 0 radical (unpaired) electrons. The second-order valence-electron chi connectivity index (χ2n) is 4.33. The van der Waals surface area contributed by atoms with Crippen LogP contribution in [0.1, 0.15) is 5.56 Å². The summed E-state index contributed by atoms with van der Waals surface area (Å²) < 4.78 is 28.1. The number of aliphatic hydroxyl groups is 1. The average Bonchev–Trinajstić information content (AvgIpc) is 2.72. The number of sulfonamides is 1. The standard InChI is InChI=1S/C12H16N4O3S/c1-16-8-11(12(13)14-16)20(18,19)15-10-4-2-9(3-5-10)6-7-17/h2-5,8,15,17H,6-7H2,1H3,(H2,13,14). The second-order valence-corrected chi connectivity index (χ2v) is 5.98. The second kappa shape index (κ2) is 5.51. The number of nitrogens with zero attached hydrogens (tertiary/aromatic N) is 2. The Morgan fingerprint density at radius 1 is 1.35 bits per heavy atom. The molecule has 1 aromatic heterocycles. The third kappa shape index (κ3) is 3.09. The van der Waals surface area contributed by atoms with E-state index in [1.165, 1.54) is 10.9 Å². The molecule has 0 saturated carbocycles. The Bertz CT molecular complexity index is 692. The highest BCUT2D eigenvalue weighted by atomic mass is 32.2. The van der Waals surface area contributed by atoms with E-state index >= 15 is 0 Å². The molecular formula is C12H16N4O3S. The van der Waals surface area contributed by atoms with Crippen LogP contribution in [0.25, 0.3) is 0 Å². The molecule has 0 unspecified atom stereocenters. The molecule has 0 spiro atoms. The quantitative estimate of drug-likeness (QED) is 0.737. The maximum Gasteiger partial charge on any atom is 0.267 e. The fraction of sp³-hybridized carbons (Fsp3) is 0.250. The molecule has 0 amide bonds. The Morgan fingerprint density at radius 3 is 2.50 bits per heavy atom. The van der Waals surface area contributed by atoms with Crippen LogP contribution in [0.5, 0.6) is 0 Å². The van der Waals surface area contributed by atoms with Crippen LogP contribution in [-0.2, 0) is 23.5 Å². The molecule has 108 valence electrons. The van der Waals surface area contributed by atoms with Gasteiger partial charge in [0.2, 0.25) is 0 Å². The number of nitrogens with one attached hydrogen (secondary N) is 1. The number of aliphatic hydroxyl groups excluding tert-OH is 1. The summed E-state index contributed by atoms with van der Waals surface area (Å²) in [4.78, 5) is -0.0561. The van der Waals surface area contributed by atoms with E-state index in [1.807, 2.05) is 0 Å². The molecule has 4 N–H and O–H groups in total. The van der Waals surface area contributed by atoms with E-state index in [1.54, 1.807) is 31.3 Å². The first-order valence-electron chi connectivity index (χ1n) is 5.94. The zero-order chi connectivity index (χ0) is 14.8. The topological polar surface area (TPSA) is 110 Å². The summed E-state index contributed by atoms with van der Waals surface area (Å²) in [6.07, 6.45) is 1.88. The Morgan fingerprint density at radius 2 is 2.00 bits per heavy atom. The molecule has 20 heavy (non-hydrogen) atoms. The minimum absolute atomic E-state index is 0.0445. The monoisotopic (exact) mass is 296 g/mol. The number of nitrogens with two attached hydrogens (primary N) is 1. The molecule has 7 nitrogen and oxygen atoms in total. The van der Waals surface area contributed by atoms with Gasteiger partial charge < -0.3 is 10.8 Å². The van der Waals surface area contributed by atoms with Crippen molar-refractivity contribution in [1.29, 1.82) is 0 Å². The van der Waals surface area contributed by atoms with Crippen LogP contribution in [0.3, 0.4) is 0 Å². The highest BCUT2D eigenvalue weighted by Gasteiger charge is 2.20. The first-order valence-corrected chi connectivity index (χ1v) is 7.42. The van der Waals surface area contributed by atoms with Gasteiger partial charge in [0.25, 0.3) is 10.0 Å². The van der Waals surface area contributed by atoms with E-state index in [2.05, 4.69) is 9.82 Å². The molecule has 1 heterocycles. The largest absolute Gasteiger partial charge is 0.396 e. The van der Waals surface area contributed by atoms with Crippen molar-refractivity contribution in [2.75, 3.05) is 17.1 Å². The van der Waals surface area contributed by atoms with Crippen molar-refractivity contribution in [3.8, 4) is 0 Å². The molecule has 8 heteroatoms. The molecule has 0 saturated heterocycles. The number of hydrogen-bond acceptors (Lipinski definition) is 5. The van der Waals surface area contributed by atoms with E-state index in [4.69, 9.17) is 10.8 Å². The van der Waals surface area contributed by atoms with Crippen LogP contribution < -0.4 is 10.5 Å². The van der Waals surface area contributed by atoms with Gasteiger partial charge in [0.15, 0.2) is 5.82 Å². The van der Waals surface area contributed by atoms with Crippen molar-refractivity contribution in [2.45, 2.75) is 11.3 Å². The van der Waals surface area contributed by atoms with Crippen molar-refractivity contribution in [1.82, 2.24) is 9.78 Å². The van der Waals surface area contributed by atoms with E-state index in [-0.39, 0.29) is 17.3 Å². The van der Waals surface area contributed by atoms with Gasteiger partial charge in [-0.05, 0) is 24.1 Å². The van der Waals surface area contributed by atoms with Gasteiger partial charge in [-0.2, -0.15) is 5.10 Å². The number of aromatic nitrogens is 2. The zero-order valence-electron chi connectivity index (χ0n) is 10.9. The summed E-state index contributed by atoms with van der Waals surface area (Å²) in [6.45, 7) is 0.0529. The Kier molecular flexibility index (Phi) is 3.96. The van der Waals surface area contributed by atoms with E-state index in [9.17, 15) is 8.42 Å². The lowest BCUT2D eigenvalue weighted by atomic mass is 10.1. The van der Waals surface area contributed by atoms with Gasteiger partial charge in [-0.3, -0.25) is 9.40 Å². The Balaban J connectivity index is 2.22. The molecule has 2 rings (SSSR count). The minimum Gasteiger partial charge on any atom is -0.396 e. The summed E-state index contributed by atoms with van der Waals surface area (Å²) in [7, 11) is -2.16. The number of nitrogen functional groups attached to an aromatic ring is 1. The van der Waals surface area contributed by atoms with Gasteiger partial charge in [0.1, 0.15) is 4.90 Å². The first kappa shape index (κ1) is 14.4. The highest BCUT2D eigenvalue weighted by Crippen LogP contribution is 2.20. The van der Waals surface area contributed by atoms with E-state index in [0.717, 1.165) is 5.56 Å². The lowest BCUT2D eigenvalue weighted by molar-refractivity contribution is 0.299. The smallest absolute Gasteiger partial charge is 0.267 e. The SMILES string of the molecule is Cn1cc(S(=O)(=O)Nc2ccc(CCO)cc2)c(N)n1. The molecule has 0 fully saturated rings. The van der Waals surface area contributed by atoms with Gasteiger partial charge in [-0.1, -0.05) is 12.1 Å². The van der Waals surface area contributed by atoms with Gasteiger partial charge in [0.05, 0.1) is 0 Å². The number of rotatable bonds is 5. The van der Waals surface area contributed by atoms with Gasteiger partial charge in [0, 0.05) is 25.5 Å². The van der Waals surface area contributed by atoms with E-state index < -0.39 is 10.0 Å². The molecule has 0 aliphatic rings. The maximum atomic E-state index is 12.2. The summed E-state index contributed by atoms with van der Waals surface area (Å²) in [6, 6.07) is 6.77. The molecule has 0 aliphatic heterocycles. The number of hydrogen-bond donors (Lipinski definition) is 3. The van der Waals surface area contributed by atoms with Crippen LogP contribution in [0.4, 0.5) is 11.5 Å². The van der Waals surface area contributed by atoms with Crippen molar-refractivity contribution in [3.63, 3.8) is 0 Å². The van der Waals surface area contributed by atoms with Gasteiger partial charge >= 0.3 is 0 Å². The first-order chi connectivity index (χ1) is 9.42. The molecule has 0 atom stereocenters. The number of aryl methyl sites for hydroxylation is 1. The van der Waals surface area contributed by atoms with Crippen LogP contribution in [0.15, 0.2) is 35.4 Å². The molecule has 2 aromatic rings. The van der Waals surface area contributed by atoms with Crippen molar-refractivity contribution >= 4 is 21.5 Å². The van der Waals surface area contributed by atoms with Crippen molar-refractivity contribution in [3.05, 3.63) is 36.0 Å². The number of anilines is 2. The third-order valence-electron chi connectivity index (χ3n) is 2.72. The lowest BCUT2D eigenvalue weighted by Crippen LogP contribution is -2.13. The highest BCUT2D eigenvalue weighted by molar-refractivity contribution is 7.92. The van der Waals surface area contributed by atoms with Crippen LogP contribution >= 0.6 is 0 Å². The summed E-state index contributed by atoms with van der Waals surface area (Å²) >= 11 is 0. The lowest BCUT2D eigenvalue weighted by Gasteiger charge is -2.07. The maximum absolute atomic E-state index is 12.2. The van der Waals surface area contributed by atoms with Crippen LogP contribution in [-0.4, -0.2) is 29.9 Å². The Labute approximate surface area is 117 Å². The van der Waals surface area contributed by atoms with Crippen LogP contribution in [0, 0.1) is 0 Å². The fourth-order valence-electron chi connectivity index (χ4n) is 1.77. The molecule has 1 aromatic carbocycles. The third-order valence-corrected chi connectivity index (χ3v) is 4.12.